The number of hydrogen-bond donors (Lipinski definition) is 0. The molecule has 0 bridgehead atoms. The van der Waals surface area contributed by atoms with Crippen LogP contribution in [0.25, 0.3) is 21.9 Å². The van der Waals surface area contributed by atoms with Crippen molar-refractivity contribution in [3.63, 3.8) is 0 Å². The molecule has 0 N–H and O–H groups in total. The maximum atomic E-state index is 11.4. The van der Waals surface area contributed by atoms with Crippen molar-refractivity contribution in [2.24, 2.45) is 0 Å². The highest BCUT2D eigenvalue weighted by Crippen LogP contribution is 2.43. The summed E-state index contributed by atoms with van der Waals surface area (Å²) in [7, 11) is 0. The number of rotatable bonds is 4. The van der Waals surface area contributed by atoms with Crippen LogP contribution in [0.3, 0.4) is 0 Å². The number of nitro groups is 3. The molecule has 0 aliphatic carbocycles. The van der Waals surface area contributed by atoms with Crippen molar-refractivity contribution in [1.82, 2.24) is 0 Å². The fourth-order valence-corrected chi connectivity index (χ4v) is 2.71. The van der Waals surface area contributed by atoms with E-state index in [1.54, 1.807) is 36.4 Å². The smallest absolute Gasteiger partial charge is 0.258 e. The van der Waals surface area contributed by atoms with E-state index in [0.717, 1.165) is 17.5 Å². The molecule has 0 spiro atoms. The number of nitrogens with zero attached hydrogens (tertiary/aromatic N) is 3. The van der Waals surface area contributed by atoms with Gasteiger partial charge in [-0.3, -0.25) is 30.3 Å². The van der Waals surface area contributed by atoms with E-state index < -0.39 is 31.8 Å². The van der Waals surface area contributed by atoms with Gasteiger partial charge in [0, 0.05) is 5.56 Å². The molecule has 3 aromatic carbocycles. The Kier molecular flexibility index (Phi) is 3.82. The minimum Gasteiger partial charge on any atom is -0.258 e. The molecule has 0 saturated heterocycles. The van der Waals surface area contributed by atoms with E-state index >= 15 is 0 Å². The van der Waals surface area contributed by atoms with Crippen molar-refractivity contribution >= 4 is 27.8 Å². The van der Waals surface area contributed by atoms with E-state index in [0.29, 0.717) is 5.39 Å². The molecular weight excluding hydrogens is 330 g/mol. The van der Waals surface area contributed by atoms with Gasteiger partial charge in [-0.05, 0) is 10.8 Å². The molecule has 9 nitrogen and oxygen atoms in total. The van der Waals surface area contributed by atoms with Crippen LogP contribution in [0.2, 0.25) is 0 Å². The molecule has 124 valence electrons. The molecule has 0 fully saturated rings. The Hall–Kier alpha value is -3.88. The molecule has 0 aliphatic heterocycles. The van der Waals surface area contributed by atoms with E-state index in [4.69, 9.17) is 0 Å². The van der Waals surface area contributed by atoms with Crippen LogP contribution in [0.15, 0.2) is 54.6 Å². The second-order valence-corrected chi connectivity index (χ2v) is 5.16. The monoisotopic (exact) mass is 339 g/mol. The van der Waals surface area contributed by atoms with Crippen LogP contribution < -0.4 is 0 Å². The highest BCUT2D eigenvalue weighted by Gasteiger charge is 2.32. The van der Waals surface area contributed by atoms with Gasteiger partial charge in [0.1, 0.15) is 5.56 Å². The van der Waals surface area contributed by atoms with Crippen LogP contribution in [0.1, 0.15) is 0 Å². The zero-order valence-corrected chi connectivity index (χ0v) is 12.5. The standard InChI is InChI=1S/C16H9N3O6/c20-17(21)11-8-14(18(22)23)16(15(9-11)19(24)25)13-7-3-5-10-4-1-2-6-12(10)13/h1-9H. The molecule has 3 rings (SSSR count). The van der Waals surface area contributed by atoms with Crippen molar-refractivity contribution in [1.29, 1.82) is 0 Å². The van der Waals surface area contributed by atoms with E-state index in [1.807, 2.05) is 0 Å². The number of non-ortho nitro benzene ring substituents is 1. The van der Waals surface area contributed by atoms with Crippen molar-refractivity contribution in [2.75, 3.05) is 0 Å². The Balaban J connectivity index is 2.47. The average molecular weight is 339 g/mol. The van der Waals surface area contributed by atoms with Gasteiger partial charge in [0.25, 0.3) is 17.1 Å². The Morgan fingerprint density at radius 1 is 0.680 bits per heavy atom. The molecule has 0 radical (unpaired) electrons. The summed E-state index contributed by atoms with van der Waals surface area (Å²) in [5, 5.41) is 35.2. The van der Waals surface area contributed by atoms with Gasteiger partial charge < -0.3 is 0 Å². The molecule has 0 atom stereocenters. The first-order valence-electron chi connectivity index (χ1n) is 6.99. The second kappa shape index (κ2) is 5.96. The van der Waals surface area contributed by atoms with Gasteiger partial charge in [0.2, 0.25) is 0 Å². The van der Waals surface area contributed by atoms with Crippen molar-refractivity contribution in [3.05, 3.63) is 84.9 Å². The van der Waals surface area contributed by atoms with Crippen LogP contribution in [-0.2, 0) is 0 Å². The summed E-state index contributed by atoms with van der Waals surface area (Å²) in [6.45, 7) is 0. The van der Waals surface area contributed by atoms with Crippen LogP contribution >= 0.6 is 0 Å². The molecule has 0 aliphatic rings. The second-order valence-electron chi connectivity index (χ2n) is 5.16. The van der Waals surface area contributed by atoms with Crippen molar-refractivity contribution in [2.45, 2.75) is 0 Å². The van der Waals surface area contributed by atoms with Gasteiger partial charge in [-0.1, -0.05) is 42.5 Å². The summed E-state index contributed by atoms with van der Waals surface area (Å²) in [6.07, 6.45) is 0. The van der Waals surface area contributed by atoms with Gasteiger partial charge in [-0.15, -0.1) is 0 Å². The van der Waals surface area contributed by atoms with Gasteiger partial charge in [0.05, 0.1) is 26.9 Å². The summed E-state index contributed by atoms with van der Waals surface area (Å²) in [4.78, 5) is 31.3. The Bertz CT molecular complexity index is 1010. The predicted octanol–water partition coefficient (Wildman–Crippen LogP) is 4.23. The van der Waals surface area contributed by atoms with Gasteiger partial charge >= 0.3 is 0 Å². The molecule has 0 saturated carbocycles. The molecule has 0 aromatic heterocycles. The molecule has 0 heterocycles. The summed E-state index contributed by atoms with van der Waals surface area (Å²) in [5.41, 5.74) is -2.05. The predicted molar refractivity (Wildman–Crippen MR) is 89.3 cm³/mol. The molecule has 0 unspecified atom stereocenters. The van der Waals surface area contributed by atoms with Crippen LogP contribution in [0.4, 0.5) is 17.1 Å². The maximum absolute atomic E-state index is 11.4. The first kappa shape index (κ1) is 16.0. The van der Waals surface area contributed by atoms with Crippen molar-refractivity contribution < 1.29 is 14.8 Å². The topological polar surface area (TPSA) is 129 Å². The summed E-state index contributed by atoms with van der Waals surface area (Å²) in [6, 6.07) is 13.3. The summed E-state index contributed by atoms with van der Waals surface area (Å²) < 4.78 is 0. The highest BCUT2D eigenvalue weighted by atomic mass is 16.6. The largest absolute Gasteiger partial charge is 0.291 e. The van der Waals surface area contributed by atoms with E-state index in [2.05, 4.69) is 0 Å². The molecule has 3 aromatic rings. The lowest BCUT2D eigenvalue weighted by Gasteiger charge is -2.08. The zero-order chi connectivity index (χ0) is 18.1. The minimum absolute atomic E-state index is 0.252. The van der Waals surface area contributed by atoms with Gasteiger partial charge in [-0.2, -0.15) is 0 Å². The fourth-order valence-electron chi connectivity index (χ4n) is 2.71. The Labute approximate surface area is 139 Å². The first-order chi connectivity index (χ1) is 11.9. The summed E-state index contributed by atoms with van der Waals surface area (Å²) >= 11 is 0. The van der Waals surface area contributed by atoms with Gasteiger partial charge in [-0.25, -0.2) is 0 Å². The zero-order valence-electron chi connectivity index (χ0n) is 12.5. The third-order valence-corrected chi connectivity index (χ3v) is 3.74. The first-order valence-corrected chi connectivity index (χ1v) is 6.99. The van der Waals surface area contributed by atoms with E-state index in [9.17, 15) is 30.3 Å². The van der Waals surface area contributed by atoms with Gasteiger partial charge in [0.15, 0.2) is 0 Å². The Morgan fingerprint density at radius 2 is 1.24 bits per heavy atom. The number of benzene rings is 3. The molecular formula is C16H9N3O6. The normalized spacial score (nSPS) is 10.6. The summed E-state index contributed by atoms with van der Waals surface area (Å²) in [5.74, 6) is 0. The minimum atomic E-state index is -0.896. The SMILES string of the molecule is O=[N+]([O-])c1cc([N+](=O)[O-])c(-c2cccc3ccccc23)c([N+](=O)[O-])c1. The maximum Gasteiger partial charge on any atom is 0.291 e. The van der Waals surface area contributed by atoms with Crippen LogP contribution in [-0.4, -0.2) is 14.8 Å². The van der Waals surface area contributed by atoms with E-state index in [1.165, 1.54) is 6.07 Å². The highest BCUT2D eigenvalue weighted by molar-refractivity contribution is 6.01. The third kappa shape index (κ3) is 2.74. The lowest BCUT2D eigenvalue weighted by molar-refractivity contribution is -0.402. The molecule has 0 amide bonds. The number of nitro benzene ring substituents is 3. The molecule has 25 heavy (non-hydrogen) atoms. The van der Waals surface area contributed by atoms with Crippen LogP contribution in [0, 0.1) is 30.3 Å². The Morgan fingerprint density at radius 3 is 1.80 bits per heavy atom. The van der Waals surface area contributed by atoms with E-state index in [-0.39, 0.29) is 11.1 Å². The van der Waals surface area contributed by atoms with Crippen LogP contribution in [0.5, 0.6) is 0 Å². The fraction of sp³-hybridized carbons (Fsp3) is 0. The third-order valence-electron chi connectivity index (χ3n) is 3.74. The number of hydrogen-bond acceptors (Lipinski definition) is 6. The number of fused-ring (bicyclic) bond motifs is 1. The lowest BCUT2D eigenvalue weighted by Crippen LogP contribution is -2.01. The quantitative estimate of drug-likeness (QED) is 0.516. The van der Waals surface area contributed by atoms with Crippen molar-refractivity contribution in [3.8, 4) is 11.1 Å². The lowest BCUT2D eigenvalue weighted by atomic mass is 9.95. The molecule has 9 heteroatoms. The average Bonchev–Trinajstić information content (AvgIpc) is 2.59.